The van der Waals surface area contributed by atoms with Crippen molar-refractivity contribution in [1.82, 2.24) is 19.5 Å². The molecule has 8 heteroatoms. The van der Waals surface area contributed by atoms with Crippen LogP contribution >= 0.6 is 0 Å². The molecule has 0 unspecified atom stereocenters. The predicted molar refractivity (Wildman–Crippen MR) is 138 cm³/mol. The molecule has 4 atom stereocenters. The summed E-state index contributed by atoms with van der Waals surface area (Å²) in [6.45, 7) is 1.00. The predicted octanol–water partition coefficient (Wildman–Crippen LogP) is 3.76. The third-order valence-electron chi connectivity index (χ3n) is 7.70. The SMILES string of the molecule is CNc1ncnc2c1ccn2[C@@H]1C[C@H](CCc2ccc3ccc(NCC4CC4)nc3c2)[C@@H](O)[C@H]1O. The van der Waals surface area contributed by atoms with Crippen molar-refractivity contribution in [2.75, 3.05) is 24.2 Å². The van der Waals surface area contributed by atoms with E-state index < -0.39 is 12.2 Å². The molecule has 35 heavy (non-hydrogen) atoms. The summed E-state index contributed by atoms with van der Waals surface area (Å²) in [6.07, 6.45) is 6.84. The van der Waals surface area contributed by atoms with Crippen LogP contribution in [0.15, 0.2) is 48.9 Å². The van der Waals surface area contributed by atoms with Crippen LogP contribution in [-0.2, 0) is 6.42 Å². The maximum Gasteiger partial charge on any atom is 0.145 e. The Labute approximate surface area is 204 Å². The Balaban J connectivity index is 1.15. The first kappa shape index (κ1) is 22.2. The lowest BCUT2D eigenvalue weighted by atomic mass is 9.95. The smallest absolute Gasteiger partial charge is 0.145 e. The van der Waals surface area contributed by atoms with E-state index in [-0.39, 0.29) is 12.0 Å². The molecular formula is C27H32N6O2. The van der Waals surface area contributed by atoms with E-state index in [1.54, 1.807) is 0 Å². The molecule has 0 bridgehead atoms. The Morgan fingerprint density at radius 3 is 2.74 bits per heavy atom. The second-order valence-corrected chi connectivity index (χ2v) is 10.1. The first-order chi connectivity index (χ1) is 17.1. The summed E-state index contributed by atoms with van der Waals surface area (Å²) in [6, 6.07) is 12.3. The fourth-order valence-corrected chi connectivity index (χ4v) is 5.44. The van der Waals surface area contributed by atoms with Gasteiger partial charge < -0.3 is 25.4 Å². The molecule has 4 N–H and O–H groups in total. The van der Waals surface area contributed by atoms with E-state index >= 15 is 0 Å². The van der Waals surface area contributed by atoms with Gasteiger partial charge in [0, 0.05) is 25.2 Å². The molecule has 6 rings (SSSR count). The standard InChI is InChI=1S/C27H32N6O2/c1-28-26-20-10-11-33(27(20)31-15-30-26)22-13-19(24(34)25(22)35)7-5-16-4-6-18-8-9-23(32-21(18)12-16)29-14-17-2-3-17/h4,6,8-12,15,17,19,22,24-25,34-35H,2-3,5,7,13-14H2,1H3,(H,29,32)(H,28,30,31)/t19-,22+,24+,25-/m0/s1. The number of nitrogens with one attached hydrogen (secondary N) is 2. The van der Waals surface area contributed by atoms with Crippen molar-refractivity contribution in [2.24, 2.45) is 11.8 Å². The average molecular weight is 473 g/mol. The van der Waals surface area contributed by atoms with E-state index in [0.29, 0.717) is 6.42 Å². The minimum atomic E-state index is -0.832. The summed E-state index contributed by atoms with van der Waals surface area (Å²) in [5.41, 5.74) is 2.97. The molecule has 2 saturated carbocycles. The van der Waals surface area contributed by atoms with Crippen LogP contribution in [0, 0.1) is 11.8 Å². The van der Waals surface area contributed by atoms with Crippen molar-refractivity contribution in [3.8, 4) is 0 Å². The van der Waals surface area contributed by atoms with Gasteiger partial charge in [0.25, 0.3) is 0 Å². The minimum absolute atomic E-state index is 0.00765. The number of hydrogen-bond donors (Lipinski definition) is 4. The summed E-state index contributed by atoms with van der Waals surface area (Å²) >= 11 is 0. The van der Waals surface area contributed by atoms with Gasteiger partial charge >= 0.3 is 0 Å². The summed E-state index contributed by atoms with van der Waals surface area (Å²) in [5, 5.41) is 30.4. The molecule has 2 fully saturated rings. The van der Waals surface area contributed by atoms with E-state index in [0.717, 1.165) is 58.9 Å². The number of hydrogen-bond acceptors (Lipinski definition) is 7. The van der Waals surface area contributed by atoms with Gasteiger partial charge in [0.2, 0.25) is 0 Å². The molecule has 2 aliphatic rings. The lowest BCUT2D eigenvalue weighted by molar-refractivity contribution is 0.00545. The molecule has 8 nitrogen and oxygen atoms in total. The van der Waals surface area contributed by atoms with Crippen LogP contribution in [0.1, 0.15) is 37.3 Å². The zero-order valence-electron chi connectivity index (χ0n) is 19.9. The molecule has 4 aromatic rings. The van der Waals surface area contributed by atoms with Gasteiger partial charge in [-0.15, -0.1) is 0 Å². The Morgan fingerprint density at radius 2 is 1.91 bits per heavy atom. The van der Waals surface area contributed by atoms with Crippen LogP contribution in [-0.4, -0.2) is 55.5 Å². The first-order valence-electron chi connectivity index (χ1n) is 12.6. The molecule has 3 heterocycles. The molecule has 0 amide bonds. The van der Waals surface area contributed by atoms with Crippen LogP contribution < -0.4 is 10.6 Å². The number of rotatable bonds is 8. The number of fused-ring (bicyclic) bond motifs is 2. The van der Waals surface area contributed by atoms with Crippen LogP contribution in [0.4, 0.5) is 11.6 Å². The number of aryl methyl sites for hydroxylation is 1. The third kappa shape index (κ3) is 4.32. The van der Waals surface area contributed by atoms with Crippen molar-refractivity contribution in [3.63, 3.8) is 0 Å². The number of aliphatic hydroxyl groups is 2. The van der Waals surface area contributed by atoms with Crippen molar-refractivity contribution in [1.29, 1.82) is 0 Å². The quantitative estimate of drug-likeness (QED) is 0.309. The van der Waals surface area contributed by atoms with Crippen LogP contribution in [0.2, 0.25) is 0 Å². The second-order valence-electron chi connectivity index (χ2n) is 10.1. The third-order valence-corrected chi connectivity index (χ3v) is 7.70. The molecule has 0 radical (unpaired) electrons. The zero-order valence-corrected chi connectivity index (χ0v) is 19.9. The van der Waals surface area contributed by atoms with Crippen molar-refractivity contribution in [2.45, 2.75) is 50.4 Å². The Hall–Kier alpha value is -3.23. The van der Waals surface area contributed by atoms with Crippen LogP contribution in [0.3, 0.4) is 0 Å². The van der Waals surface area contributed by atoms with Gasteiger partial charge in [0.05, 0.1) is 23.0 Å². The highest BCUT2D eigenvalue weighted by Crippen LogP contribution is 2.40. The van der Waals surface area contributed by atoms with Gasteiger partial charge in [-0.1, -0.05) is 12.1 Å². The molecule has 1 aromatic carbocycles. The van der Waals surface area contributed by atoms with E-state index in [1.165, 1.54) is 24.7 Å². The lowest BCUT2D eigenvalue weighted by Gasteiger charge is -2.19. The molecule has 3 aromatic heterocycles. The monoisotopic (exact) mass is 472 g/mol. The van der Waals surface area contributed by atoms with E-state index in [2.05, 4.69) is 50.9 Å². The van der Waals surface area contributed by atoms with Crippen molar-refractivity contribution in [3.05, 3.63) is 54.5 Å². The van der Waals surface area contributed by atoms with Crippen LogP contribution in [0.5, 0.6) is 0 Å². The van der Waals surface area contributed by atoms with Crippen LogP contribution in [0.25, 0.3) is 21.9 Å². The highest BCUT2D eigenvalue weighted by Gasteiger charge is 2.42. The summed E-state index contributed by atoms with van der Waals surface area (Å²) < 4.78 is 1.99. The maximum atomic E-state index is 10.9. The second kappa shape index (κ2) is 9.09. The van der Waals surface area contributed by atoms with Gasteiger partial charge in [-0.2, -0.15) is 0 Å². The van der Waals surface area contributed by atoms with E-state index in [9.17, 15) is 10.2 Å². The Morgan fingerprint density at radius 1 is 1.06 bits per heavy atom. The zero-order chi connectivity index (χ0) is 23.9. The number of aliphatic hydroxyl groups excluding tert-OH is 2. The highest BCUT2D eigenvalue weighted by molar-refractivity contribution is 5.87. The van der Waals surface area contributed by atoms with Gasteiger partial charge in [0.1, 0.15) is 29.7 Å². The fourth-order valence-electron chi connectivity index (χ4n) is 5.44. The highest BCUT2D eigenvalue weighted by atomic mass is 16.3. The first-order valence-corrected chi connectivity index (χ1v) is 12.6. The number of pyridine rings is 1. The van der Waals surface area contributed by atoms with Gasteiger partial charge in [-0.3, -0.25) is 0 Å². The molecular weight excluding hydrogens is 440 g/mol. The fraction of sp³-hybridized carbons (Fsp3) is 0.444. The number of nitrogens with zero attached hydrogens (tertiary/aromatic N) is 4. The largest absolute Gasteiger partial charge is 0.390 e. The van der Waals surface area contributed by atoms with Crippen molar-refractivity contribution < 1.29 is 10.2 Å². The van der Waals surface area contributed by atoms with Crippen molar-refractivity contribution >= 4 is 33.6 Å². The van der Waals surface area contributed by atoms with Gasteiger partial charge in [0.15, 0.2) is 0 Å². The molecule has 182 valence electrons. The summed E-state index contributed by atoms with van der Waals surface area (Å²) in [7, 11) is 1.83. The Bertz CT molecular complexity index is 1350. The normalized spacial score (nSPS) is 24.3. The molecule has 0 aliphatic heterocycles. The van der Waals surface area contributed by atoms with E-state index in [4.69, 9.17) is 4.98 Å². The number of benzene rings is 1. The lowest BCUT2D eigenvalue weighted by Crippen LogP contribution is -2.29. The minimum Gasteiger partial charge on any atom is -0.390 e. The van der Waals surface area contributed by atoms with Gasteiger partial charge in [-0.25, -0.2) is 15.0 Å². The average Bonchev–Trinajstić information content (AvgIpc) is 3.56. The Kier molecular flexibility index (Phi) is 5.78. The summed E-state index contributed by atoms with van der Waals surface area (Å²) in [5.74, 6) is 2.50. The number of aromatic nitrogens is 4. The molecule has 0 spiro atoms. The molecule has 2 aliphatic carbocycles. The molecule has 0 saturated heterocycles. The topological polar surface area (TPSA) is 108 Å². The summed E-state index contributed by atoms with van der Waals surface area (Å²) in [4.78, 5) is 13.5. The van der Waals surface area contributed by atoms with E-state index in [1.807, 2.05) is 23.9 Å². The number of anilines is 2. The maximum absolute atomic E-state index is 10.9. The van der Waals surface area contributed by atoms with Gasteiger partial charge in [-0.05, 0) is 73.8 Å².